The summed E-state index contributed by atoms with van der Waals surface area (Å²) in [4.78, 5) is 24.6. The first kappa shape index (κ1) is 27.1. The summed E-state index contributed by atoms with van der Waals surface area (Å²) in [6.07, 6.45) is 5.53. The molecule has 8 heteroatoms. The van der Waals surface area contributed by atoms with E-state index in [9.17, 15) is 19.8 Å². The lowest BCUT2D eigenvalue weighted by atomic mass is 9.41. The Kier molecular flexibility index (Phi) is 5.86. The minimum absolute atomic E-state index is 0.0624. The van der Waals surface area contributed by atoms with Gasteiger partial charge in [0.1, 0.15) is 6.10 Å². The first-order valence-electron chi connectivity index (χ1n) is 15.1. The number of aliphatic hydroxyl groups is 2. The molecule has 1 amide bonds. The molecule has 13 atom stereocenters. The van der Waals surface area contributed by atoms with Crippen molar-refractivity contribution in [2.75, 3.05) is 0 Å². The lowest BCUT2D eigenvalue weighted by molar-refractivity contribution is -0.192. The first-order valence-corrected chi connectivity index (χ1v) is 15.1. The van der Waals surface area contributed by atoms with Crippen LogP contribution in [0.4, 0.5) is 0 Å². The number of rotatable bonds is 3. The van der Waals surface area contributed by atoms with Crippen LogP contribution in [0.2, 0.25) is 0 Å². The van der Waals surface area contributed by atoms with E-state index in [1.807, 2.05) is 0 Å². The van der Waals surface area contributed by atoms with E-state index < -0.39 is 24.3 Å². The SMILES string of the molecule is BNC(=O)[C@@H](OC(C)=O)C1C[C@@H](C)[C@H]2C(O1)[C@H](O)[C@@]1(C)C3CC[C@H]4C(C)(C)C(O)CCC45CC35CCC21C. The molecule has 38 heavy (non-hydrogen) atoms. The second kappa shape index (κ2) is 8.22. The van der Waals surface area contributed by atoms with Gasteiger partial charge in [-0.1, -0.05) is 34.6 Å². The molecular formula is C30H48BNO6. The van der Waals surface area contributed by atoms with Gasteiger partial charge in [-0.15, -0.1) is 0 Å². The normalized spacial score (nSPS) is 54.7. The van der Waals surface area contributed by atoms with E-state index in [1.165, 1.54) is 19.8 Å². The van der Waals surface area contributed by atoms with Crippen molar-refractivity contribution in [3.8, 4) is 0 Å². The van der Waals surface area contributed by atoms with Crippen molar-refractivity contribution in [2.24, 2.45) is 50.7 Å². The van der Waals surface area contributed by atoms with Crippen LogP contribution in [0.5, 0.6) is 0 Å². The topological polar surface area (TPSA) is 105 Å². The molecular weight excluding hydrogens is 481 g/mol. The number of amides is 1. The summed E-state index contributed by atoms with van der Waals surface area (Å²) in [7, 11) is 1.54. The predicted octanol–water partition coefficient (Wildman–Crippen LogP) is 2.76. The number of ether oxygens (including phenoxy) is 2. The summed E-state index contributed by atoms with van der Waals surface area (Å²) in [6.45, 7) is 12.9. The minimum Gasteiger partial charge on any atom is -0.450 e. The predicted molar refractivity (Wildman–Crippen MR) is 144 cm³/mol. The Balaban J connectivity index is 1.34. The van der Waals surface area contributed by atoms with Crippen LogP contribution in [0, 0.1) is 50.7 Å². The number of nitrogens with one attached hydrogen (secondary N) is 1. The van der Waals surface area contributed by atoms with Gasteiger partial charge in [0.25, 0.3) is 5.91 Å². The van der Waals surface area contributed by atoms with Crippen LogP contribution in [0.1, 0.15) is 92.9 Å². The number of carbonyl (C=O) groups excluding carboxylic acids is 2. The van der Waals surface area contributed by atoms with Crippen molar-refractivity contribution in [3.63, 3.8) is 0 Å². The summed E-state index contributed by atoms with van der Waals surface area (Å²) in [6, 6.07) is 0. The van der Waals surface area contributed by atoms with Gasteiger partial charge >= 0.3 is 5.97 Å². The fourth-order valence-corrected chi connectivity index (χ4v) is 12.1. The van der Waals surface area contributed by atoms with Gasteiger partial charge in [-0.05, 0) is 96.7 Å². The third kappa shape index (κ3) is 3.03. The number of carbonyl (C=O) groups is 2. The third-order valence-electron chi connectivity index (χ3n) is 13.9. The maximum Gasteiger partial charge on any atom is 0.303 e. The highest BCUT2D eigenvalue weighted by Gasteiger charge is 2.84. The smallest absolute Gasteiger partial charge is 0.303 e. The van der Waals surface area contributed by atoms with Gasteiger partial charge < -0.3 is 24.9 Å². The Hall–Kier alpha value is -1.12. The molecule has 2 spiro atoms. The molecule has 0 radical (unpaired) electrons. The Labute approximate surface area is 228 Å². The molecule has 1 aliphatic heterocycles. The minimum atomic E-state index is -1.01. The highest BCUT2D eigenvalue weighted by molar-refractivity contribution is 6.15. The molecule has 7 nitrogen and oxygen atoms in total. The van der Waals surface area contributed by atoms with Gasteiger partial charge in [0.05, 0.1) is 18.3 Å². The molecule has 5 aliphatic carbocycles. The third-order valence-corrected chi connectivity index (χ3v) is 13.9. The fraction of sp³-hybridized carbons (Fsp3) is 0.933. The maximum atomic E-state index is 12.7. The van der Waals surface area contributed by atoms with Crippen LogP contribution in [-0.2, 0) is 19.1 Å². The molecule has 0 aromatic heterocycles. The summed E-state index contributed by atoms with van der Waals surface area (Å²) >= 11 is 0. The van der Waals surface area contributed by atoms with Crippen molar-refractivity contribution in [1.29, 1.82) is 0 Å². The first-order chi connectivity index (χ1) is 17.7. The van der Waals surface area contributed by atoms with E-state index >= 15 is 0 Å². The second-order valence-electron chi connectivity index (χ2n) is 15.2. The number of fused-ring (bicyclic) bond motifs is 4. The zero-order valence-electron chi connectivity index (χ0n) is 24.4. The van der Waals surface area contributed by atoms with E-state index in [0.29, 0.717) is 23.7 Å². The Morgan fingerprint density at radius 1 is 1.03 bits per heavy atom. The lowest BCUT2D eigenvalue weighted by Crippen LogP contribution is -2.59. The zero-order valence-corrected chi connectivity index (χ0v) is 24.4. The number of esters is 1. The summed E-state index contributed by atoms with van der Waals surface area (Å²) < 4.78 is 12.1. The van der Waals surface area contributed by atoms with Crippen LogP contribution in [0.15, 0.2) is 0 Å². The van der Waals surface area contributed by atoms with E-state index in [1.54, 1.807) is 7.98 Å². The van der Waals surface area contributed by atoms with E-state index in [2.05, 4.69) is 39.8 Å². The van der Waals surface area contributed by atoms with Crippen molar-refractivity contribution >= 4 is 19.9 Å². The molecule has 0 aromatic carbocycles. The molecule has 5 saturated carbocycles. The van der Waals surface area contributed by atoms with Crippen molar-refractivity contribution in [3.05, 3.63) is 0 Å². The Morgan fingerprint density at radius 2 is 1.68 bits per heavy atom. The molecule has 1 saturated heterocycles. The maximum absolute atomic E-state index is 12.7. The van der Waals surface area contributed by atoms with Gasteiger partial charge in [0.2, 0.25) is 14.1 Å². The molecule has 6 fully saturated rings. The fourth-order valence-electron chi connectivity index (χ4n) is 12.1. The van der Waals surface area contributed by atoms with Crippen LogP contribution < -0.4 is 5.23 Å². The van der Waals surface area contributed by atoms with Crippen LogP contribution in [0.3, 0.4) is 0 Å². The highest BCUT2D eigenvalue weighted by atomic mass is 16.6. The van der Waals surface area contributed by atoms with Gasteiger partial charge in [-0.25, -0.2) is 0 Å². The molecule has 6 rings (SSSR count). The highest BCUT2D eigenvalue weighted by Crippen LogP contribution is 2.89. The molecule has 3 N–H and O–H groups in total. The summed E-state index contributed by atoms with van der Waals surface area (Å²) in [5, 5.41) is 25.8. The number of aliphatic hydroxyl groups excluding tert-OH is 2. The Morgan fingerprint density at radius 3 is 2.34 bits per heavy atom. The van der Waals surface area contributed by atoms with Gasteiger partial charge in [-0.3, -0.25) is 9.59 Å². The quantitative estimate of drug-likeness (QED) is 0.384. The van der Waals surface area contributed by atoms with Crippen LogP contribution >= 0.6 is 0 Å². The summed E-state index contributed by atoms with van der Waals surface area (Å²) in [5.74, 6) is 0.516. The van der Waals surface area contributed by atoms with Crippen LogP contribution in [-0.4, -0.2) is 60.6 Å². The van der Waals surface area contributed by atoms with Crippen molar-refractivity contribution in [1.82, 2.24) is 5.23 Å². The number of hydrogen-bond donors (Lipinski definition) is 3. The zero-order chi connectivity index (χ0) is 27.6. The molecule has 0 aromatic rings. The number of hydrogen-bond acceptors (Lipinski definition) is 6. The van der Waals surface area contributed by atoms with E-state index in [4.69, 9.17) is 9.47 Å². The van der Waals surface area contributed by atoms with Crippen LogP contribution in [0.25, 0.3) is 0 Å². The largest absolute Gasteiger partial charge is 0.450 e. The lowest BCUT2D eigenvalue weighted by Gasteiger charge is -2.63. The van der Waals surface area contributed by atoms with Gasteiger partial charge in [0, 0.05) is 12.3 Å². The monoisotopic (exact) mass is 529 g/mol. The molecule has 6 aliphatic rings. The average Bonchev–Trinajstić information content (AvgIpc) is 3.49. The molecule has 0 bridgehead atoms. The summed E-state index contributed by atoms with van der Waals surface area (Å²) in [5.41, 5.74) is 0.128. The van der Waals surface area contributed by atoms with E-state index in [0.717, 1.165) is 32.1 Å². The standard InChI is InChI=1S/C30H48BNO6/c1-15-13-17(22(25(36)32-31)37-16(2)33)38-23-21(15)27(5)11-12-30-14-29(30)10-9-20(34)26(3,4)18(29)7-8-19(30)28(27,6)24(23)35/h15,17-24,34-35H,7-14,31H2,1-6H3,(H,32,36)/t15-,17?,18+,19?,20?,21+,22+,23?,24+,27?,28-,29?,30?/m1/s1. The average molecular weight is 530 g/mol. The second-order valence-corrected chi connectivity index (χ2v) is 15.2. The van der Waals surface area contributed by atoms with Crippen molar-refractivity contribution < 1.29 is 29.3 Å². The molecule has 212 valence electrons. The van der Waals surface area contributed by atoms with Crippen molar-refractivity contribution in [2.45, 2.75) is 123 Å². The van der Waals surface area contributed by atoms with Gasteiger partial charge in [0.15, 0.2) is 0 Å². The molecule has 1 heterocycles. The van der Waals surface area contributed by atoms with Gasteiger partial charge in [-0.2, -0.15) is 0 Å². The molecule has 7 unspecified atom stereocenters. The Bertz CT molecular complexity index is 1040. The van der Waals surface area contributed by atoms with E-state index in [-0.39, 0.29) is 51.6 Å².